The monoisotopic (exact) mass is 324 g/mol. The van der Waals surface area contributed by atoms with Gasteiger partial charge in [0.15, 0.2) is 0 Å². The zero-order valence-corrected chi connectivity index (χ0v) is 13.4. The van der Waals surface area contributed by atoms with E-state index in [1.807, 2.05) is 12.1 Å². The van der Waals surface area contributed by atoms with Crippen LogP contribution in [0.25, 0.3) is 0 Å². The molecule has 7 nitrogen and oxygen atoms in total. The fraction of sp³-hybridized carbons (Fsp3) is 0.625. The summed E-state index contributed by atoms with van der Waals surface area (Å²) in [6.45, 7) is 0.606. The highest BCUT2D eigenvalue weighted by Crippen LogP contribution is 2.24. The number of allylic oxidation sites excluding steroid dienone is 3. The predicted molar refractivity (Wildman–Crippen MR) is 83.1 cm³/mol. The van der Waals surface area contributed by atoms with E-state index < -0.39 is 18.7 Å². The van der Waals surface area contributed by atoms with Crippen molar-refractivity contribution in [3.63, 3.8) is 0 Å². The van der Waals surface area contributed by atoms with Crippen molar-refractivity contribution in [3.05, 3.63) is 22.9 Å². The average molecular weight is 324 g/mol. The third kappa shape index (κ3) is 6.82. The van der Waals surface area contributed by atoms with Crippen LogP contribution in [0.1, 0.15) is 25.7 Å². The second kappa shape index (κ2) is 10.8. The van der Waals surface area contributed by atoms with Crippen LogP contribution >= 0.6 is 0 Å². The number of carbonyl (C=O) groups excluding carboxylic acids is 1. The fourth-order valence-corrected chi connectivity index (χ4v) is 2.17. The number of nitrogens with zero attached hydrogens (tertiary/aromatic N) is 1. The summed E-state index contributed by atoms with van der Waals surface area (Å²) in [5.74, 6) is -0.771. The minimum absolute atomic E-state index is 0.0500. The Bertz CT molecular complexity index is 493. The van der Waals surface area contributed by atoms with Crippen LogP contribution in [-0.4, -0.2) is 55.8 Å². The van der Waals surface area contributed by atoms with Gasteiger partial charge in [-0.1, -0.05) is 0 Å². The molecule has 0 spiro atoms. The molecule has 1 rings (SSSR count). The molecule has 0 fully saturated rings. The highest BCUT2D eigenvalue weighted by atomic mass is 16.5. The summed E-state index contributed by atoms with van der Waals surface area (Å²) in [4.78, 5) is 11.9. The molecule has 3 N–H and O–H groups in total. The molecular formula is C16H24N2O5. The lowest BCUT2D eigenvalue weighted by Crippen LogP contribution is -2.23. The Morgan fingerprint density at radius 2 is 2.30 bits per heavy atom. The van der Waals surface area contributed by atoms with E-state index in [-0.39, 0.29) is 12.2 Å². The number of nitriles is 1. The van der Waals surface area contributed by atoms with Crippen LogP contribution < -0.4 is 5.32 Å². The molecule has 0 heterocycles. The fourth-order valence-electron chi connectivity index (χ4n) is 2.17. The quantitative estimate of drug-likeness (QED) is 0.243. The average Bonchev–Trinajstić information content (AvgIpc) is 2.57. The third-order valence-electron chi connectivity index (χ3n) is 3.37. The van der Waals surface area contributed by atoms with Crippen molar-refractivity contribution in [1.29, 1.82) is 5.26 Å². The van der Waals surface area contributed by atoms with Crippen molar-refractivity contribution < 1.29 is 24.5 Å². The smallest absolute Gasteiger partial charge is 0.349 e. The second-order valence-electron chi connectivity index (χ2n) is 5.24. The maximum atomic E-state index is 11.9. The molecule has 0 saturated carbocycles. The molecule has 0 aliphatic heterocycles. The molecular weight excluding hydrogens is 300 g/mol. The Morgan fingerprint density at radius 1 is 1.52 bits per heavy atom. The van der Waals surface area contributed by atoms with Crippen molar-refractivity contribution in [1.82, 2.24) is 5.32 Å². The molecule has 0 aromatic heterocycles. The Balaban J connectivity index is 2.71. The first-order chi connectivity index (χ1) is 11.1. The first-order valence-electron chi connectivity index (χ1n) is 7.65. The zero-order chi connectivity index (χ0) is 17.1. The Hall–Kier alpha value is -1.88. The maximum Gasteiger partial charge on any atom is 0.349 e. The summed E-state index contributed by atoms with van der Waals surface area (Å²) in [5.41, 5.74) is 1.57. The van der Waals surface area contributed by atoms with Crippen molar-refractivity contribution in [2.45, 2.75) is 31.8 Å². The summed E-state index contributed by atoms with van der Waals surface area (Å²) in [5, 5.41) is 30.4. The van der Waals surface area contributed by atoms with Gasteiger partial charge in [0.05, 0.1) is 6.61 Å². The van der Waals surface area contributed by atoms with Crippen LogP contribution in [0.3, 0.4) is 0 Å². The second-order valence-corrected chi connectivity index (χ2v) is 5.24. The molecule has 0 radical (unpaired) electrons. The number of nitrogens with one attached hydrogen (secondary N) is 1. The topological polar surface area (TPSA) is 112 Å². The standard InChI is InChI=1S/C16H24N2O5/c1-22-7-3-6-18-13-5-2-4-12(8-13)15(9-17)16(21)23-11-14(20)10-19/h8,14,18-20H,2-7,10-11H2,1H3/b15-12-. The van der Waals surface area contributed by atoms with E-state index in [9.17, 15) is 15.2 Å². The van der Waals surface area contributed by atoms with E-state index in [0.717, 1.165) is 31.5 Å². The van der Waals surface area contributed by atoms with E-state index in [1.165, 1.54) is 0 Å². The molecule has 1 atom stereocenters. The molecule has 0 aromatic rings. The number of methoxy groups -OCH3 is 1. The SMILES string of the molecule is COCCCNC1=C/C(=C(/C#N)C(=O)OCC(O)CO)CCC1. The van der Waals surface area contributed by atoms with Crippen molar-refractivity contribution in [2.24, 2.45) is 0 Å². The summed E-state index contributed by atoms with van der Waals surface area (Å²) in [7, 11) is 1.65. The summed E-state index contributed by atoms with van der Waals surface area (Å²) in [6.07, 6.45) is 3.90. The third-order valence-corrected chi connectivity index (χ3v) is 3.37. The van der Waals surface area contributed by atoms with Gasteiger partial charge in [0.25, 0.3) is 0 Å². The van der Waals surface area contributed by atoms with Crippen LogP contribution in [0.15, 0.2) is 22.9 Å². The molecule has 7 heteroatoms. The molecule has 1 unspecified atom stereocenters. The van der Waals surface area contributed by atoms with E-state index >= 15 is 0 Å². The van der Waals surface area contributed by atoms with Crippen molar-refractivity contribution in [2.75, 3.05) is 33.5 Å². The normalized spacial score (nSPS) is 17.7. The number of hydrogen-bond donors (Lipinski definition) is 3. The van der Waals surface area contributed by atoms with Gasteiger partial charge in [0, 0.05) is 26.0 Å². The van der Waals surface area contributed by atoms with Gasteiger partial charge < -0.3 is 25.0 Å². The minimum atomic E-state index is -1.14. The first kappa shape index (κ1) is 19.2. The molecule has 0 amide bonds. The molecule has 23 heavy (non-hydrogen) atoms. The highest BCUT2D eigenvalue weighted by molar-refractivity contribution is 5.94. The molecule has 1 aliphatic carbocycles. The Labute approximate surface area is 136 Å². The molecule has 0 aromatic carbocycles. The predicted octanol–water partition coefficient (Wildman–Crippen LogP) is 0.397. The van der Waals surface area contributed by atoms with Gasteiger partial charge in [-0.3, -0.25) is 0 Å². The number of esters is 1. The lowest BCUT2D eigenvalue weighted by Gasteiger charge is -2.18. The minimum Gasteiger partial charge on any atom is -0.459 e. The molecule has 0 bridgehead atoms. The summed E-state index contributed by atoms with van der Waals surface area (Å²) >= 11 is 0. The van der Waals surface area contributed by atoms with Gasteiger partial charge in [0.1, 0.15) is 24.4 Å². The van der Waals surface area contributed by atoms with Gasteiger partial charge in [-0.25, -0.2) is 4.79 Å². The molecule has 1 aliphatic rings. The van der Waals surface area contributed by atoms with E-state index in [1.54, 1.807) is 7.11 Å². The Morgan fingerprint density at radius 3 is 2.96 bits per heavy atom. The number of rotatable bonds is 9. The van der Waals surface area contributed by atoms with Crippen LogP contribution in [0, 0.1) is 11.3 Å². The van der Waals surface area contributed by atoms with Crippen LogP contribution in [0.2, 0.25) is 0 Å². The number of ether oxygens (including phenoxy) is 2. The van der Waals surface area contributed by atoms with E-state index in [0.29, 0.717) is 18.6 Å². The van der Waals surface area contributed by atoms with Crippen LogP contribution in [-0.2, 0) is 14.3 Å². The number of aliphatic hydroxyl groups is 2. The van der Waals surface area contributed by atoms with Crippen LogP contribution in [0.5, 0.6) is 0 Å². The summed E-state index contributed by atoms with van der Waals surface area (Å²) in [6, 6.07) is 1.88. The lowest BCUT2D eigenvalue weighted by atomic mass is 9.95. The largest absolute Gasteiger partial charge is 0.459 e. The van der Waals surface area contributed by atoms with Gasteiger partial charge in [-0.2, -0.15) is 5.26 Å². The number of hydrogen-bond acceptors (Lipinski definition) is 7. The number of aliphatic hydroxyl groups excluding tert-OH is 2. The summed E-state index contributed by atoms with van der Waals surface area (Å²) < 4.78 is 9.84. The van der Waals surface area contributed by atoms with E-state index in [4.69, 9.17) is 14.6 Å². The van der Waals surface area contributed by atoms with Gasteiger partial charge in [-0.15, -0.1) is 0 Å². The Kier molecular flexibility index (Phi) is 8.98. The van der Waals surface area contributed by atoms with E-state index in [2.05, 4.69) is 5.32 Å². The molecule has 0 saturated heterocycles. The van der Waals surface area contributed by atoms with Gasteiger partial charge in [0.2, 0.25) is 0 Å². The zero-order valence-electron chi connectivity index (χ0n) is 13.4. The highest BCUT2D eigenvalue weighted by Gasteiger charge is 2.19. The van der Waals surface area contributed by atoms with Crippen molar-refractivity contribution >= 4 is 5.97 Å². The molecule has 128 valence electrons. The maximum absolute atomic E-state index is 11.9. The first-order valence-corrected chi connectivity index (χ1v) is 7.65. The van der Waals surface area contributed by atoms with Crippen molar-refractivity contribution in [3.8, 4) is 6.07 Å². The van der Waals surface area contributed by atoms with Gasteiger partial charge in [-0.05, 0) is 37.3 Å². The lowest BCUT2D eigenvalue weighted by molar-refractivity contribution is -0.142. The number of carbonyl (C=O) groups is 1. The van der Waals surface area contributed by atoms with Crippen LogP contribution in [0.4, 0.5) is 0 Å². The van der Waals surface area contributed by atoms with Gasteiger partial charge >= 0.3 is 5.97 Å².